The van der Waals surface area contributed by atoms with Crippen LogP contribution in [0.1, 0.15) is 36.0 Å². The predicted octanol–water partition coefficient (Wildman–Crippen LogP) is 5.88. The van der Waals surface area contributed by atoms with Gasteiger partial charge >= 0.3 is 0 Å². The van der Waals surface area contributed by atoms with Gasteiger partial charge in [-0.2, -0.15) is 0 Å². The fourth-order valence-corrected chi connectivity index (χ4v) is 3.22. The summed E-state index contributed by atoms with van der Waals surface area (Å²) in [6.07, 6.45) is 1.17. The number of nitrogens with zero attached hydrogens (tertiary/aromatic N) is 1. The van der Waals surface area contributed by atoms with Gasteiger partial charge in [0.1, 0.15) is 0 Å². The average Bonchev–Trinajstić information content (AvgIpc) is 2.68. The Morgan fingerprint density at radius 3 is 1.56 bits per heavy atom. The molecule has 0 amide bonds. The molecule has 1 unspecified atom stereocenters. The van der Waals surface area contributed by atoms with Crippen LogP contribution in [0.25, 0.3) is 0 Å². The smallest absolute Gasteiger partial charge is 0.0237 e. The van der Waals surface area contributed by atoms with E-state index in [-0.39, 0.29) is 0 Å². The van der Waals surface area contributed by atoms with Crippen molar-refractivity contribution in [3.63, 3.8) is 0 Å². The molecule has 0 heterocycles. The molecule has 1 nitrogen and oxygen atoms in total. The van der Waals surface area contributed by atoms with E-state index in [9.17, 15) is 0 Å². The first-order valence-electron chi connectivity index (χ1n) is 9.16. The number of rotatable bonds is 8. The lowest BCUT2D eigenvalue weighted by Gasteiger charge is -2.24. The minimum Gasteiger partial charge on any atom is -0.295 e. The lowest BCUT2D eigenvalue weighted by molar-refractivity contribution is 0.247. The lowest BCUT2D eigenvalue weighted by Crippen LogP contribution is -2.25. The molecule has 0 aliphatic rings. The maximum absolute atomic E-state index is 2.56. The molecule has 1 heteroatoms. The van der Waals surface area contributed by atoms with Gasteiger partial charge in [0.25, 0.3) is 0 Å². The number of hydrogen-bond acceptors (Lipinski definition) is 1. The predicted molar refractivity (Wildman–Crippen MR) is 106 cm³/mol. The fraction of sp³-hybridized carbons (Fsp3) is 0.250. The van der Waals surface area contributed by atoms with Crippen molar-refractivity contribution in [3.05, 3.63) is 108 Å². The topological polar surface area (TPSA) is 3.24 Å². The summed E-state index contributed by atoms with van der Waals surface area (Å²) in [5, 5.41) is 0. The van der Waals surface area contributed by atoms with Crippen molar-refractivity contribution in [2.24, 2.45) is 0 Å². The Morgan fingerprint density at radius 1 is 0.640 bits per heavy atom. The van der Waals surface area contributed by atoms with Crippen molar-refractivity contribution < 1.29 is 0 Å². The second-order valence-electron chi connectivity index (χ2n) is 6.78. The van der Waals surface area contributed by atoms with Crippen LogP contribution in [-0.4, -0.2) is 11.4 Å². The second-order valence-corrected chi connectivity index (χ2v) is 6.78. The van der Waals surface area contributed by atoms with Gasteiger partial charge in [0.2, 0.25) is 0 Å². The van der Waals surface area contributed by atoms with Crippen LogP contribution in [0.4, 0.5) is 0 Å². The molecule has 0 spiro atoms. The van der Waals surface area contributed by atoms with Gasteiger partial charge in [-0.25, -0.2) is 0 Å². The first kappa shape index (κ1) is 17.4. The summed E-state index contributed by atoms with van der Waals surface area (Å²) in [6.45, 7) is 5.42. The maximum Gasteiger partial charge on any atom is 0.0237 e. The van der Waals surface area contributed by atoms with Crippen LogP contribution >= 0.6 is 0 Å². The van der Waals surface area contributed by atoms with E-state index in [4.69, 9.17) is 0 Å². The van der Waals surface area contributed by atoms with E-state index in [1.54, 1.807) is 0 Å². The second kappa shape index (κ2) is 9.19. The van der Waals surface area contributed by atoms with Gasteiger partial charge in [-0.05, 0) is 35.6 Å². The standard InChI is InChI=1S/C24H27N/c1-21(24-15-9-4-10-16-24)17-18-25(19-22-11-5-2-6-12-22)20-23-13-7-3-8-14-23/h2-16,21H,17-20H2,1H3. The summed E-state index contributed by atoms with van der Waals surface area (Å²) >= 11 is 0. The minimum atomic E-state index is 0.579. The Balaban J connectivity index is 1.65. The Kier molecular flexibility index (Phi) is 6.42. The summed E-state index contributed by atoms with van der Waals surface area (Å²) in [7, 11) is 0. The van der Waals surface area contributed by atoms with E-state index >= 15 is 0 Å². The quantitative estimate of drug-likeness (QED) is 0.498. The first-order chi connectivity index (χ1) is 12.3. The Morgan fingerprint density at radius 2 is 1.08 bits per heavy atom. The van der Waals surface area contributed by atoms with E-state index in [1.165, 1.54) is 23.1 Å². The molecule has 0 fully saturated rings. The zero-order chi connectivity index (χ0) is 17.3. The van der Waals surface area contributed by atoms with Crippen molar-refractivity contribution >= 4 is 0 Å². The summed E-state index contributed by atoms with van der Waals surface area (Å²) < 4.78 is 0. The van der Waals surface area contributed by atoms with Crippen molar-refractivity contribution in [3.8, 4) is 0 Å². The van der Waals surface area contributed by atoms with E-state index in [0.29, 0.717) is 5.92 Å². The van der Waals surface area contributed by atoms with Crippen molar-refractivity contribution in [1.29, 1.82) is 0 Å². The molecule has 3 rings (SSSR count). The highest BCUT2D eigenvalue weighted by Gasteiger charge is 2.11. The third kappa shape index (κ3) is 5.58. The molecule has 3 aromatic rings. The SMILES string of the molecule is CC(CCN(Cc1ccccc1)Cc1ccccc1)c1ccccc1. The first-order valence-corrected chi connectivity index (χ1v) is 9.16. The molecule has 0 aliphatic heterocycles. The molecule has 3 aromatic carbocycles. The van der Waals surface area contributed by atoms with Crippen LogP contribution in [-0.2, 0) is 13.1 Å². The van der Waals surface area contributed by atoms with Gasteiger partial charge in [0.05, 0.1) is 0 Å². The van der Waals surface area contributed by atoms with Crippen molar-refractivity contribution in [2.75, 3.05) is 6.54 Å². The normalized spacial score (nSPS) is 12.2. The summed E-state index contributed by atoms with van der Waals surface area (Å²) in [5.74, 6) is 0.579. The van der Waals surface area contributed by atoms with Gasteiger partial charge in [-0.3, -0.25) is 4.90 Å². The molecule has 0 saturated heterocycles. The molecule has 1 atom stereocenters. The molecule has 0 saturated carbocycles. The van der Waals surface area contributed by atoms with E-state index in [0.717, 1.165) is 19.6 Å². The van der Waals surface area contributed by atoms with Gasteiger partial charge < -0.3 is 0 Å². The molecular weight excluding hydrogens is 302 g/mol. The van der Waals surface area contributed by atoms with E-state index in [2.05, 4.69) is 103 Å². The van der Waals surface area contributed by atoms with Crippen molar-refractivity contribution in [1.82, 2.24) is 4.90 Å². The monoisotopic (exact) mass is 329 g/mol. The van der Waals surface area contributed by atoms with Crippen LogP contribution in [0.15, 0.2) is 91.0 Å². The van der Waals surface area contributed by atoms with E-state index in [1.807, 2.05) is 0 Å². The Hall–Kier alpha value is -2.38. The highest BCUT2D eigenvalue weighted by atomic mass is 15.1. The summed E-state index contributed by atoms with van der Waals surface area (Å²) in [4.78, 5) is 2.56. The largest absolute Gasteiger partial charge is 0.295 e. The zero-order valence-corrected chi connectivity index (χ0v) is 15.0. The molecule has 25 heavy (non-hydrogen) atoms. The van der Waals surface area contributed by atoms with Gasteiger partial charge in [-0.15, -0.1) is 0 Å². The molecule has 0 bridgehead atoms. The third-order valence-corrected chi connectivity index (χ3v) is 4.74. The van der Waals surface area contributed by atoms with Crippen LogP contribution in [0.3, 0.4) is 0 Å². The Bertz CT molecular complexity index is 680. The fourth-order valence-electron chi connectivity index (χ4n) is 3.22. The molecule has 0 aliphatic carbocycles. The van der Waals surface area contributed by atoms with Gasteiger partial charge in [-0.1, -0.05) is 97.9 Å². The molecule has 0 radical (unpaired) electrons. The minimum absolute atomic E-state index is 0.579. The molecule has 128 valence electrons. The van der Waals surface area contributed by atoms with E-state index < -0.39 is 0 Å². The Labute approximate surface area is 151 Å². The molecular formula is C24H27N. The highest BCUT2D eigenvalue weighted by molar-refractivity contribution is 5.19. The molecule has 0 aromatic heterocycles. The third-order valence-electron chi connectivity index (χ3n) is 4.74. The van der Waals surface area contributed by atoms with Crippen LogP contribution in [0, 0.1) is 0 Å². The maximum atomic E-state index is 2.56. The van der Waals surface area contributed by atoms with Crippen LogP contribution < -0.4 is 0 Å². The summed E-state index contributed by atoms with van der Waals surface area (Å²) in [5.41, 5.74) is 4.19. The lowest BCUT2D eigenvalue weighted by atomic mass is 9.97. The van der Waals surface area contributed by atoms with Crippen LogP contribution in [0.2, 0.25) is 0 Å². The molecule has 0 N–H and O–H groups in total. The van der Waals surface area contributed by atoms with Crippen LogP contribution in [0.5, 0.6) is 0 Å². The highest BCUT2D eigenvalue weighted by Crippen LogP contribution is 2.20. The summed E-state index contributed by atoms with van der Waals surface area (Å²) in [6, 6.07) is 32.4. The average molecular weight is 329 g/mol. The van der Waals surface area contributed by atoms with Gasteiger partial charge in [0, 0.05) is 13.1 Å². The number of benzene rings is 3. The zero-order valence-electron chi connectivity index (χ0n) is 15.0. The van der Waals surface area contributed by atoms with Gasteiger partial charge in [0.15, 0.2) is 0 Å². The van der Waals surface area contributed by atoms with Crippen molar-refractivity contribution in [2.45, 2.75) is 32.4 Å². The number of hydrogen-bond donors (Lipinski definition) is 0.